The first-order valence-electron chi connectivity index (χ1n) is 11.4. The molecule has 0 fully saturated rings. The molecule has 0 spiro atoms. The Labute approximate surface area is 201 Å². The number of methoxy groups -OCH3 is 1. The third kappa shape index (κ3) is 9.36. The van der Waals surface area contributed by atoms with Gasteiger partial charge in [0, 0.05) is 18.4 Å². The Morgan fingerprint density at radius 2 is 1.62 bits per heavy atom. The van der Waals surface area contributed by atoms with Crippen molar-refractivity contribution in [3.05, 3.63) is 39.9 Å². The summed E-state index contributed by atoms with van der Waals surface area (Å²) in [5.41, 5.74) is 0.110. The van der Waals surface area contributed by atoms with Crippen molar-refractivity contribution < 1.29 is 24.0 Å². The molecule has 0 bridgehead atoms. The minimum atomic E-state index is -0.996. The minimum absolute atomic E-state index is 0.0692. The van der Waals surface area contributed by atoms with Crippen LogP contribution in [0.1, 0.15) is 46.6 Å². The molecule has 0 aliphatic heterocycles. The van der Waals surface area contributed by atoms with Crippen LogP contribution in [0.4, 0.5) is 0 Å². The van der Waals surface area contributed by atoms with Crippen LogP contribution in [0, 0.1) is 27.4 Å². The predicted octanol–water partition coefficient (Wildman–Crippen LogP) is 1.94. The Bertz CT molecular complexity index is 848. The Balaban J connectivity index is 3.08. The van der Waals surface area contributed by atoms with Gasteiger partial charge in [-0.1, -0.05) is 46.8 Å². The molecule has 0 radical (unpaired) electrons. The molecule has 1 aromatic carbocycles. The van der Waals surface area contributed by atoms with Crippen molar-refractivity contribution in [2.75, 3.05) is 20.7 Å². The number of nitrogens with one attached hydrogen (secondary N) is 3. The molecule has 1 rings (SSSR count). The van der Waals surface area contributed by atoms with Gasteiger partial charge in [-0.2, -0.15) is 0 Å². The number of likely N-dealkylation sites (N-methyl/N-ethyl adjacent to an activating group) is 1. The molecule has 0 heterocycles. The SMILES string of the molecule is CNC(=O)[C@H](Cc1ccc(OC)cc1)NC(=O)[C@@H](NC(=O)[C@H](CC(C)C)C[N+](=O)[O-])C(C)(C)C. The number of rotatable bonds is 12. The highest BCUT2D eigenvalue weighted by molar-refractivity contribution is 5.93. The number of carbonyl (C=O) groups excluding carboxylic acids is 3. The second-order valence-electron chi connectivity index (χ2n) is 9.88. The molecule has 10 nitrogen and oxygen atoms in total. The van der Waals surface area contributed by atoms with Crippen LogP contribution in [0.25, 0.3) is 0 Å². The van der Waals surface area contributed by atoms with Gasteiger partial charge in [0.05, 0.1) is 7.11 Å². The number of hydrogen-bond acceptors (Lipinski definition) is 6. The van der Waals surface area contributed by atoms with E-state index in [0.717, 1.165) is 5.56 Å². The summed E-state index contributed by atoms with van der Waals surface area (Å²) in [6.07, 6.45) is 0.557. The van der Waals surface area contributed by atoms with Gasteiger partial charge < -0.3 is 20.7 Å². The summed E-state index contributed by atoms with van der Waals surface area (Å²) in [5.74, 6) is -1.58. The molecule has 3 atom stereocenters. The van der Waals surface area contributed by atoms with E-state index in [4.69, 9.17) is 4.74 Å². The highest BCUT2D eigenvalue weighted by atomic mass is 16.6. The van der Waals surface area contributed by atoms with E-state index < -0.39 is 46.7 Å². The fraction of sp³-hybridized carbons (Fsp3) is 0.625. The highest BCUT2D eigenvalue weighted by Crippen LogP contribution is 2.22. The lowest BCUT2D eigenvalue weighted by Gasteiger charge is -2.32. The monoisotopic (exact) mass is 478 g/mol. The van der Waals surface area contributed by atoms with Gasteiger partial charge in [-0.05, 0) is 35.4 Å². The third-order valence-corrected chi connectivity index (χ3v) is 5.39. The lowest BCUT2D eigenvalue weighted by Crippen LogP contribution is -2.59. The number of hydrogen-bond donors (Lipinski definition) is 3. The van der Waals surface area contributed by atoms with Gasteiger partial charge >= 0.3 is 0 Å². The molecular weight excluding hydrogens is 440 g/mol. The molecule has 10 heteroatoms. The summed E-state index contributed by atoms with van der Waals surface area (Å²) in [4.78, 5) is 49.2. The zero-order chi connectivity index (χ0) is 26.1. The standard InChI is InChI=1S/C24H38N4O6/c1-15(2)12-17(14-28(32)33)21(29)27-20(24(3,4)5)23(31)26-19(22(30)25-6)13-16-8-10-18(34-7)11-9-16/h8-11,15,17,19-20H,12-14H2,1-7H3,(H,25,30)(H,26,31)(H,27,29)/t17-,19+,20-/m1/s1. The molecule has 3 amide bonds. The fourth-order valence-corrected chi connectivity index (χ4v) is 3.58. The van der Waals surface area contributed by atoms with Gasteiger partial charge in [0.25, 0.3) is 0 Å². The predicted molar refractivity (Wildman–Crippen MR) is 129 cm³/mol. The Morgan fingerprint density at radius 1 is 1.03 bits per heavy atom. The molecule has 0 aliphatic rings. The van der Waals surface area contributed by atoms with Gasteiger partial charge in [-0.15, -0.1) is 0 Å². The van der Waals surface area contributed by atoms with Crippen molar-refractivity contribution in [1.29, 1.82) is 0 Å². The molecule has 0 aliphatic carbocycles. The topological polar surface area (TPSA) is 140 Å². The first kappa shape index (κ1) is 28.9. The smallest absolute Gasteiger partial charge is 0.243 e. The first-order chi connectivity index (χ1) is 15.8. The fourth-order valence-electron chi connectivity index (χ4n) is 3.58. The minimum Gasteiger partial charge on any atom is -0.497 e. The Hall–Kier alpha value is -3.17. The Kier molecular flexibility index (Phi) is 11.0. The summed E-state index contributed by atoms with van der Waals surface area (Å²) in [6.45, 7) is 8.58. The normalized spacial score (nSPS) is 14.0. The second-order valence-corrected chi connectivity index (χ2v) is 9.88. The quantitative estimate of drug-likeness (QED) is 0.310. The van der Waals surface area contributed by atoms with Crippen molar-refractivity contribution in [3.8, 4) is 5.75 Å². The molecule has 34 heavy (non-hydrogen) atoms. The van der Waals surface area contributed by atoms with Gasteiger partial charge in [0.1, 0.15) is 23.8 Å². The number of amides is 3. The van der Waals surface area contributed by atoms with Crippen LogP contribution in [0.2, 0.25) is 0 Å². The molecule has 0 saturated heterocycles. The van der Waals surface area contributed by atoms with Crippen molar-refractivity contribution >= 4 is 17.7 Å². The zero-order valence-electron chi connectivity index (χ0n) is 21.1. The summed E-state index contributed by atoms with van der Waals surface area (Å²) in [7, 11) is 3.04. The molecule has 190 valence electrons. The van der Waals surface area contributed by atoms with Crippen LogP contribution in [0.3, 0.4) is 0 Å². The van der Waals surface area contributed by atoms with E-state index in [9.17, 15) is 24.5 Å². The lowest BCUT2D eigenvalue weighted by atomic mass is 9.85. The van der Waals surface area contributed by atoms with Crippen LogP contribution >= 0.6 is 0 Å². The molecule has 0 saturated carbocycles. The van der Waals surface area contributed by atoms with Gasteiger partial charge in [0.2, 0.25) is 24.3 Å². The Morgan fingerprint density at radius 3 is 2.06 bits per heavy atom. The van der Waals surface area contributed by atoms with Crippen molar-refractivity contribution in [1.82, 2.24) is 16.0 Å². The number of benzene rings is 1. The molecule has 0 unspecified atom stereocenters. The van der Waals surface area contributed by atoms with E-state index in [2.05, 4.69) is 16.0 Å². The maximum atomic E-state index is 13.3. The van der Waals surface area contributed by atoms with Crippen molar-refractivity contribution in [2.24, 2.45) is 17.3 Å². The van der Waals surface area contributed by atoms with Crippen LogP contribution in [0.5, 0.6) is 5.75 Å². The van der Waals surface area contributed by atoms with E-state index in [-0.39, 0.29) is 18.2 Å². The number of nitrogens with zero attached hydrogens (tertiary/aromatic N) is 1. The van der Waals surface area contributed by atoms with Gasteiger partial charge in [-0.25, -0.2) is 0 Å². The maximum absolute atomic E-state index is 13.3. The third-order valence-electron chi connectivity index (χ3n) is 5.39. The summed E-state index contributed by atoms with van der Waals surface area (Å²) >= 11 is 0. The van der Waals surface area contributed by atoms with E-state index in [1.54, 1.807) is 52.1 Å². The van der Waals surface area contributed by atoms with E-state index in [0.29, 0.717) is 12.2 Å². The number of nitro groups is 1. The van der Waals surface area contributed by atoms with Crippen LogP contribution in [-0.2, 0) is 20.8 Å². The van der Waals surface area contributed by atoms with Gasteiger partial charge in [-0.3, -0.25) is 24.5 Å². The summed E-state index contributed by atoms with van der Waals surface area (Å²) in [6, 6.07) is 5.26. The molecule has 0 aromatic heterocycles. The second kappa shape index (κ2) is 12.9. The lowest BCUT2D eigenvalue weighted by molar-refractivity contribution is -0.486. The summed E-state index contributed by atoms with van der Waals surface area (Å²) in [5, 5.41) is 19.1. The molecule has 1 aromatic rings. The highest BCUT2D eigenvalue weighted by Gasteiger charge is 2.37. The van der Waals surface area contributed by atoms with Crippen molar-refractivity contribution in [3.63, 3.8) is 0 Å². The summed E-state index contributed by atoms with van der Waals surface area (Å²) < 4.78 is 5.15. The van der Waals surface area contributed by atoms with E-state index >= 15 is 0 Å². The van der Waals surface area contributed by atoms with Crippen molar-refractivity contribution in [2.45, 2.75) is 59.5 Å². The van der Waals surface area contributed by atoms with E-state index in [1.807, 2.05) is 13.8 Å². The van der Waals surface area contributed by atoms with Crippen LogP contribution in [-0.4, -0.2) is 55.4 Å². The van der Waals surface area contributed by atoms with Gasteiger partial charge in [0.15, 0.2) is 0 Å². The molecular formula is C24H38N4O6. The molecule has 3 N–H and O–H groups in total. The largest absolute Gasteiger partial charge is 0.497 e. The number of carbonyl (C=O) groups is 3. The number of ether oxygens (including phenoxy) is 1. The van der Waals surface area contributed by atoms with E-state index in [1.165, 1.54) is 7.05 Å². The average Bonchev–Trinajstić information content (AvgIpc) is 2.74. The first-order valence-corrected chi connectivity index (χ1v) is 11.4. The zero-order valence-corrected chi connectivity index (χ0v) is 21.1. The van der Waals surface area contributed by atoms with Crippen LogP contribution in [0.15, 0.2) is 24.3 Å². The maximum Gasteiger partial charge on any atom is 0.243 e. The average molecular weight is 479 g/mol. The van der Waals surface area contributed by atoms with Crippen LogP contribution < -0.4 is 20.7 Å².